The summed E-state index contributed by atoms with van der Waals surface area (Å²) in [6.45, 7) is 9.16. The molecule has 0 spiro atoms. The third-order valence-corrected chi connectivity index (χ3v) is 9.22. The fourth-order valence-corrected chi connectivity index (χ4v) is 6.76. The lowest BCUT2D eigenvalue weighted by atomic mass is 9.85. The Morgan fingerprint density at radius 1 is 0.350 bits per heavy atom. The molecule has 0 amide bonds. The molecule has 0 unspecified atom stereocenters. The Labute approximate surface area is 248 Å². The lowest BCUT2D eigenvalue weighted by Crippen LogP contribution is -2.00. The van der Waals surface area contributed by atoms with E-state index in [0.717, 1.165) is 0 Å². The molecule has 222 valence electrons. The first kappa shape index (κ1) is 32.7. The minimum atomic E-state index is 1.24. The van der Waals surface area contributed by atoms with E-state index in [0.29, 0.717) is 0 Å². The van der Waals surface area contributed by atoms with Gasteiger partial charge in [0.05, 0.1) is 0 Å². The van der Waals surface area contributed by atoms with Gasteiger partial charge in [0, 0.05) is 0 Å². The van der Waals surface area contributed by atoms with Crippen LogP contribution in [-0.4, -0.2) is 0 Å². The van der Waals surface area contributed by atoms with Gasteiger partial charge in [-0.3, -0.25) is 0 Å². The van der Waals surface area contributed by atoms with E-state index in [4.69, 9.17) is 0 Å². The molecule has 0 heterocycles. The van der Waals surface area contributed by atoms with Crippen LogP contribution in [-0.2, 0) is 12.8 Å². The van der Waals surface area contributed by atoms with Crippen LogP contribution >= 0.6 is 0 Å². The smallest absolute Gasteiger partial charge is 0.0102 e. The summed E-state index contributed by atoms with van der Waals surface area (Å²) in [5, 5.41) is 6.01. The molecule has 0 atom stereocenters. The summed E-state index contributed by atoms with van der Waals surface area (Å²) in [5.74, 6) is 0. The van der Waals surface area contributed by atoms with E-state index >= 15 is 0 Å². The maximum Gasteiger partial charge on any atom is -0.0102 e. The van der Waals surface area contributed by atoms with Gasteiger partial charge in [0.15, 0.2) is 0 Å². The fourth-order valence-electron chi connectivity index (χ4n) is 6.76. The molecule has 0 saturated carbocycles. The molecule has 0 aliphatic carbocycles. The van der Waals surface area contributed by atoms with E-state index in [9.17, 15) is 0 Å². The Bertz CT molecular complexity index is 1020. The SMILES string of the molecule is CCCCCCCCCCCCc1c(CCCCCCCCCCCC)c2cc(C)ccc2c2ccc(C)cc12. The minimum absolute atomic E-state index is 1.24. The van der Waals surface area contributed by atoms with Gasteiger partial charge >= 0.3 is 0 Å². The van der Waals surface area contributed by atoms with Crippen molar-refractivity contribution in [3.8, 4) is 0 Å². The number of rotatable bonds is 22. The highest BCUT2D eigenvalue weighted by molar-refractivity contribution is 6.11. The van der Waals surface area contributed by atoms with Crippen LogP contribution in [0, 0.1) is 13.8 Å². The zero-order valence-corrected chi connectivity index (χ0v) is 27.0. The van der Waals surface area contributed by atoms with Crippen LogP contribution < -0.4 is 0 Å². The Morgan fingerprint density at radius 3 is 0.975 bits per heavy atom. The van der Waals surface area contributed by atoms with Crippen molar-refractivity contribution < 1.29 is 0 Å². The van der Waals surface area contributed by atoms with Gasteiger partial charge in [-0.2, -0.15) is 0 Å². The third kappa shape index (κ3) is 10.9. The predicted octanol–water partition coefficient (Wildman–Crippen LogP) is 13.5. The molecular weight excluding hydrogens is 480 g/mol. The van der Waals surface area contributed by atoms with Gasteiger partial charge in [-0.25, -0.2) is 0 Å². The van der Waals surface area contributed by atoms with Crippen LogP contribution in [0.3, 0.4) is 0 Å². The summed E-state index contributed by atoms with van der Waals surface area (Å²) >= 11 is 0. The maximum absolute atomic E-state index is 2.49. The highest BCUT2D eigenvalue weighted by Crippen LogP contribution is 2.36. The third-order valence-electron chi connectivity index (χ3n) is 9.22. The van der Waals surface area contributed by atoms with E-state index in [2.05, 4.69) is 64.1 Å². The largest absolute Gasteiger partial charge is 0.0654 e. The van der Waals surface area contributed by atoms with Crippen LogP contribution in [0.5, 0.6) is 0 Å². The Balaban J connectivity index is 1.64. The molecule has 0 radical (unpaired) electrons. The summed E-state index contributed by atoms with van der Waals surface area (Å²) in [6.07, 6.45) is 30.6. The molecule has 0 nitrogen and oxygen atoms in total. The molecule has 0 bridgehead atoms. The van der Waals surface area contributed by atoms with Crippen LogP contribution in [0.15, 0.2) is 36.4 Å². The van der Waals surface area contributed by atoms with Gasteiger partial charge in [0.2, 0.25) is 0 Å². The van der Waals surface area contributed by atoms with Crippen molar-refractivity contribution in [3.63, 3.8) is 0 Å². The Hall–Kier alpha value is -1.82. The molecule has 0 fully saturated rings. The summed E-state index contributed by atoms with van der Waals surface area (Å²) < 4.78 is 0. The molecule has 3 aromatic rings. The molecule has 0 aliphatic heterocycles. The second-order valence-corrected chi connectivity index (χ2v) is 12.9. The number of unbranched alkanes of at least 4 members (excludes halogenated alkanes) is 18. The van der Waals surface area contributed by atoms with Crippen molar-refractivity contribution in [2.75, 3.05) is 0 Å². The second-order valence-electron chi connectivity index (χ2n) is 12.9. The standard InChI is InChI=1S/C40H62/c1-5-7-9-11-13-15-17-19-21-23-25-35-36(26-24-22-20-18-16-14-12-10-8-6-2)40-32-34(4)28-30-38(40)37-29-27-33(3)31-39(35)37/h27-32H,5-26H2,1-4H3. The molecule has 0 aliphatic rings. The van der Waals surface area contributed by atoms with E-state index in [-0.39, 0.29) is 0 Å². The lowest BCUT2D eigenvalue weighted by Gasteiger charge is -2.19. The quantitative estimate of drug-likeness (QED) is 0.0874. The van der Waals surface area contributed by atoms with Crippen molar-refractivity contribution >= 4 is 21.5 Å². The molecule has 0 saturated heterocycles. The highest BCUT2D eigenvalue weighted by Gasteiger charge is 2.15. The predicted molar refractivity (Wildman–Crippen MR) is 182 cm³/mol. The number of benzene rings is 3. The maximum atomic E-state index is 2.49. The number of hydrogen-bond acceptors (Lipinski definition) is 0. The van der Waals surface area contributed by atoms with E-state index in [1.165, 1.54) is 174 Å². The van der Waals surface area contributed by atoms with E-state index in [1.807, 2.05) is 0 Å². The monoisotopic (exact) mass is 542 g/mol. The summed E-state index contributed by atoms with van der Waals surface area (Å²) in [4.78, 5) is 0. The van der Waals surface area contributed by atoms with Crippen molar-refractivity contribution in [3.05, 3.63) is 58.7 Å². The Kier molecular flexibility index (Phi) is 15.8. The number of fused-ring (bicyclic) bond motifs is 3. The average Bonchev–Trinajstić information content (AvgIpc) is 2.95. The molecule has 0 N–H and O–H groups in total. The zero-order chi connectivity index (χ0) is 28.4. The Morgan fingerprint density at radius 2 is 0.650 bits per heavy atom. The second kappa shape index (κ2) is 19.3. The summed E-state index contributed by atoms with van der Waals surface area (Å²) in [6, 6.07) is 14.4. The fraction of sp³-hybridized carbons (Fsp3) is 0.650. The van der Waals surface area contributed by atoms with Crippen molar-refractivity contribution in [1.29, 1.82) is 0 Å². The topological polar surface area (TPSA) is 0 Å². The van der Waals surface area contributed by atoms with Crippen molar-refractivity contribution in [2.24, 2.45) is 0 Å². The highest BCUT2D eigenvalue weighted by atomic mass is 14.2. The number of hydrogen-bond donors (Lipinski definition) is 0. The molecular formula is C40H62. The first-order valence-electron chi connectivity index (χ1n) is 17.6. The molecule has 3 rings (SSSR count). The first-order chi connectivity index (χ1) is 19.7. The minimum Gasteiger partial charge on any atom is -0.0654 e. The van der Waals surface area contributed by atoms with Gasteiger partial charge in [-0.05, 0) is 72.2 Å². The van der Waals surface area contributed by atoms with Crippen LogP contribution in [0.1, 0.15) is 165 Å². The normalized spacial score (nSPS) is 11.7. The average molecular weight is 543 g/mol. The first-order valence-corrected chi connectivity index (χ1v) is 17.6. The van der Waals surface area contributed by atoms with Crippen LogP contribution in [0.4, 0.5) is 0 Å². The molecule has 0 heteroatoms. The molecule has 40 heavy (non-hydrogen) atoms. The summed E-state index contributed by atoms with van der Waals surface area (Å²) in [7, 11) is 0. The van der Waals surface area contributed by atoms with E-state index < -0.39 is 0 Å². The van der Waals surface area contributed by atoms with Gasteiger partial charge in [0.25, 0.3) is 0 Å². The van der Waals surface area contributed by atoms with Crippen molar-refractivity contribution in [2.45, 2.75) is 169 Å². The van der Waals surface area contributed by atoms with Crippen LogP contribution in [0.2, 0.25) is 0 Å². The van der Waals surface area contributed by atoms with Crippen LogP contribution in [0.25, 0.3) is 21.5 Å². The van der Waals surface area contributed by atoms with Gasteiger partial charge in [-0.15, -0.1) is 0 Å². The molecule has 3 aromatic carbocycles. The lowest BCUT2D eigenvalue weighted by molar-refractivity contribution is 0.554. The van der Waals surface area contributed by atoms with Gasteiger partial charge in [0.1, 0.15) is 0 Å². The van der Waals surface area contributed by atoms with Crippen molar-refractivity contribution in [1.82, 2.24) is 0 Å². The number of aryl methyl sites for hydroxylation is 4. The van der Waals surface area contributed by atoms with Gasteiger partial charge in [-0.1, -0.05) is 177 Å². The zero-order valence-electron chi connectivity index (χ0n) is 27.0. The molecule has 0 aromatic heterocycles. The van der Waals surface area contributed by atoms with E-state index in [1.54, 1.807) is 11.1 Å². The van der Waals surface area contributed by atoms with Gasteiger partial charge < -0.3 is 0 Å². The summed E-state index contributed by atoms with van der Waals surface area (Å²) in [5.41, 5.74) is 6.14.